The van der Waals surface area contributed by atoms with Gasteiger partial charge < -0.3 is 10.2 Å². The van der Waals surface area contributed by atoms with Gasteiger partial charge in [-0.2, -0.15) is 0 Å². The standard InChI is InChI=1S/C19H21FN2O/c1-22(2)17-6-3-5-14(13-17)18(23)21-19(11-4-12-19)15-7-9-16(20)10-8-15/h3,5-10,13H,4,11-12H2,1-2H3,(H,21,23). The van der Waals surface area contributed by atoms with Crippen LogP contribution in [0.2, 0.25) is 0 Å². The average Bonchev–Trinajstić information content (AvgIpc) is 2.52. The van der Waals surface area contributed by atoms with Crippen molar-refractivity contribution in [2.24, 2.45) is 0 Å². The molecule has 1 aliphatic carbocycles. The monoisotopic (exact) mass is 312 g/mol. The van der Waals surface area contributed by atoms with Crippen molar-refractivity contribution < 1.29 is 9.18 Å². The van der Waals surface area contributed by atoms with Crippen LogP contribution in [0.3, 0.4) is 0 Å². The molecule has 1 amide bonds. The van der Waals surface area contributed by atoms with E-state index in [0.29, 0.717) is 5.56 Å². The predicted molar refractivity (Wildman–Crippen MR) is 90.2 cm³/mol. The molecule has 0 radical (unpaired) electrons. The smallest absolute Gasteiger partial charge is 0.252 e. The summed E-state index contributed by atoms with van der Waals surface area (Å²) in [6.07, 6.45) is 2.84. The minimum atomic E-state index is -0.362. The molecule has 1 fully saturated rings. The summed E-state index contributed by atoms with van der Waals surface area (Å²) in [5.41, 5.74) is 2.24. The Kier molecular flexibility index (Phi) is 4.07. The lowest BCUT2D eigenvalue weighted by Crippen LogP contribution is -2.50. The number of hydrogen-bond donors (Lipinski definition) is 1. The zero-order chi connectivity index (χ0) is 16.4. The molecule has 1 aliphatic rings. The van der Waals surface area contributed by atoms with Crippen LogP contribution in [0.15, 0.2) is 48.5 Å². The van der Waals surface area contributed by atoms with Crippen LogP contribution in [0.1, 0.15) is 35.2 Å². The van der Waals surface area contributed by atoms with Crippen molar-refractivity contribution in [1.82, 2.24) is 5.32 Å². The zero-order valence-electron chi connectivity index (χ0n) is 13.5. The Bertz CT molecular complexity index is 706. The Morgan fingerprint density at radius 3 is 2.39 bits per heavy atom. The normalized spacial score (nSPS) is 15.6. The first-order chi connectivity index (χ1) is 11.0. The fraction of sp³-hybridized carbons (Fsp3) is 0.316. The van der Waals surface area contributed by atoms with Crippen molar-refractivity contribution >= 4 is 11.6 Å². The molecule has 2 aromatic carbocycles. The van der Waals surface area contributed by atoms with E-state index in [4.69, 9.17) is 0 Å². The van der Waals surface area contributed by atoms with Crippen LogP contribution in [0, 0.1) is 5.82 Å². The van der Waals surface area contributed by atoms with Crippen LogP contribution in [0.5, 0.6) is 0 Å². The maximum absolute atomic E-state index is 13.2. The van der Waals surface area contributed by atoms with Crippen molar-refractivity contribution in [2.75, 3.05) is 19.0 Å². The summed E-state index contributed by atoms with van der Waals surface area (Å²) in [5, 5.41) is 3.17. The number of nitrogens with one attached hydrogen (secondary N) is 1. The van der Waals surface area contributed by atoms with Crippen LogP contribution in [-0.4, -0.2) is 20.0 Å². The lowest BCUT2D eigenvalue weighted by molar-refractivity contribution is 0.0823. The molecule has 23 heavy (non-hydrogen) atoms. The molecule has 0 aromatic heterocycles. The molecule has 0 spiro atoms. The van der Waals surface area contributed by atoms with E-state index in [1.165, 1.54) is 12.1 Å². The van der Waals surface area contributed by atoms with Crippen LogP contribution < -0.4 is 10.2 Å². The van der Waals surface area contributed by atoms with Gasteiger partial charge in [-0.3, -0.25) is 4.79 Å². The number of rotatable bonds is 4. The van der Waals surface area contributed by atoms with Crippen molar-refractivity contribution in [3.8, 4) is 0 Å². The largest absolute Gasteiger partial charge is 0.378 e. The van der Waals surface area contributed by atoms with Gasteiger partial charge in [0.15, 0.2) is 0 Å². The summed E-state index contributed by atoms with van der Waals surface area (Å²) in [7, 11) is 3.89. The molecule has 3 nitrogen and oxygen atoms in total. The number of halogens is 1. The van der Waals surface area contributed by atoms with Crippen LogP contribution in [0.25, 0.3) is 0 Å². The molecule has 2 aromatic rings. The molecular formula is C19H21FN2O. The first kappa shape index (κ1) is 15.5. The highest BCUT2D eigenvalue weighted by Gasteiger charge is 2.40. The number of amides is 1. The Morgan fingerprint density at radius 2 is 1.83 bits per heavy atom. The Balaban J connectivity index is 1.83. The predicted octanol–water partition coefficient (Wildman–Crippen LogP) is 3.70. The zero-order valence-corrected chi connectivity index (χ0v) is 13.5. The van der Waals surface area contributed by atoms with Gasteiger partial charge in [0.2, 0.25) is 0 Å². The van der Waals surface area contributed by atoms with E-state index >= 15 is 0 Å². The SMILES string of the molecule is CN(C)c1cccc(C(=O)NC2(c3ccc(F)cc3)CCC2)c1. The van der Waals surface area contributed by atoms with Gasteiger partial charge in [0, 0.05) is 25.3 Å². The number of benzene rings is 2. The minimum Gasteiger partial charge on any atom is -0.378 e. The topological polar surface area (TPSA) is 32.3 Å². The van der Waals surface area contributed by atoms with Gasteiger partial charge in [-0.25, -0.2) is 4.39 Å². The highest BCUT2D eigenvalue weighted by Crippen LogP contribution is 2.41. The number of carbonyl (C=O) groups excluding carboxylic acids is 1. The highest BCUT2D eigenvalue weighted by molar-refractivity contribution is 5.95. The molecule has 0 bridgehead atoms. The van der Waals surface area contributed by atoms with E-state index in [1.807, 2.05) is 43.3 Å². The first-order valence-corrected chi connectivity index (χ1v) is 7.86. The third kappa shape index (κ3) is 3.07. The van der Waals surface area contributed by atoms with Gasteiger partial charge in [0.1, 0.15) is 5.82 Å². The fourth-order valence-electron chi connectivity index (χ4n) is 3.00. The summed E-state index contributed by atoms with van der Waals surface area (Å²) in [5.74, 6) is -0.342. The molecule has 1 saturated carbocycles. The highest BCUT2D eigenvalue weighted by atomic mass is 19.1. The number of anilines is 1. The molecule has 0 saturated heterocycles. The molecule has 0 atom stereocenters. The van der Waals surface area contributed by atoms with E-state index < -0.39 is 0 Å². The Morgan fingerprint density at radius 1 is 1.13 bits per heavy atom. The molecule has 4 heteroatoms. The second-order valence-electron chi connectivity index (χ2n) is 6.34. The summed E-state index contributed by atoms with van der Waals surface area (Å²) >= 11 is 0. The first-order valence-electron chi connectivity index (χ1n) is 7.86. The van der Waals surface area contributed by atoms with E-state index in [1.54, 1.807) is 12.1 Å². The van der Waals surface area contributed by atoms with Gasteiger partial charge >= 0.3 is 0 Å². The van der Waals surface area contributed by atoms with E-state index in [0.717, 1.165) is 30.5 Å². The van der Waals surface area contributed by atoms with Crippen molar-refractivity contribution in [3.05, 3.63) is 65.5 Å². The molecule has 0 unspecified atom stereocenters. The maximum Gasteiger partial charge on any atom is 0.252 e. The minimum absolute atomic E-state index is 0.0854. The van der Waals surface area contributed by atoms with E-state index in [2.05, 4.69) is 5.32 Å². The molecule has 0 aliphatic heterocycles. The summed E-state index contributed by atoms with van der Waals surface area (Å²) < 4.78 is 13.2. The molecule has 1 N–H and O–H groups in total. The lowest BCUT2D eigenvalue weighted by Gasteiger charge is -2.43. The Hall–Kier alpha value is -2.36. The van der Waals surface area contributed by atoms with E-state index in [9.17, 15) is 9.18 Å². The third-order valence-corrected chi connectivity index (χ3v) is 4.58. The van der Waals surface area contributed by atoms with Gasteiger partial charge in [-0.15, -0.1) is 0 Å². The summed E-state index contributed by atoms with van der Waals surface area (Å²) in [6, 6.07) is 14.0. The molecule has 120 valence electrons. The van der Waals surface area contributed by atoms with Crippen molar-refractivity contribution in [2.45, 2.75) is 24.8 Å². The second-order valence-corrected chi connectivity index (χ2v) is 6.34. The maximum atomic E-state index is 13.2. The van der Waals surface area contributed by atoms with Crippen LogP contribution in [-0.2, 0) is 5.54 Å². The Labute approximate surface area is 136 Å². The van der Waals surface area contributed by atoms with Crippen molar-refractivity contribution in [3.63, 3.8) is 0 Å². The van der Waals surface area contributed by atoms with E-state index in [-0.39, 0.29) is 17.3 Å². The summed E-state index contributed by atoms with van der Waals surface area (Å²) in [4.78, 5) is 14.6. The number of carbonyl (C=O) groups is 1. The number of nitrogens with zero attached hydrogens (tertiary/aromatic N) is 1. The third-order valence-electron chi connectivity index (χ3n) is 4.58. The second kappa shape index (κ2) is 6.03. The number of hydrogen-bond acceptors (Lipinski definition) is 2. The van der Waals surface area contributed by atoms with Gasteiger partial charge in [0.05, 0.1) is 5.54 Å². The summed E-state index contributed by atoms with van der Waals surface area (Å²) in [6.45, 7) is 0. The van der Waals surface area contributed by atoms with Gasteiger partial charge in [0.25, 0.3) is 5.91 Å². The van der Waals surface area contributed by atoms with Gasteiger partial charge in [-0.1, -0.05) is 18.2 Å². The van der Waals surface area contributed by atoms with Crippen LogP contribution in [0.4, 0.5) is 10.1 Å². The molecular weight excluding hydrogens is 291 g/mol. The molecule has 3 rings (SSSR count). The lowest BCUT2D eigenvalue weighted by atomic mass is 9.71. The fourth-order valence-corrected chi connectivity index (χ4v) is 3.00. The average molecular weight is 312 g/mol. The quantitative estimate of drug-likeness (QED) is 0.933. The van der Waals surface area contributed by atoms with Crippen LogP contribution >= 0.6 is 0 Å². The van der Waals surface area contributed by atoms with Crippen molar-refractivity contribution in [1.29, 1.82) is 0 Å². The molecule has 0 heterocycles. The van der Waals surface area contributed by atoms with Gasteiger partial charge in [-0.05, 0) is 55.2 Å².